The predicted octanol–water partition coefficient (Wildman–Crippen LogP) is 2.57. The van der Waals surface area contributed by atoms with Crippen LogP contribution < -0.4 is 5.32 Å². The molecule has 1 heterocycles. The summed E-state index contributed by atoms with van der Waals surface area (Å²) >= 11 is 1.70. The topological polar surface area (TPSA) is 62.2 Å². The van der Waals surface area contributed by atoms with Crippen LogP contribution in [0.15, 0.2) is 0 Å². The van der Waals surface area contributed by atoms with Crippen molar-refractivity contribution in [2.75, 3.05) is 0 Å². The molecule has 1 amide bonds. The van der Waals surface area contributed by atoms with Crippen molar-refractivity contribution < 1.29 is 9.90 Å². The van der Waals surface area contributed by atoms with Gasteiger partial charge in [0.1, 0.15) is 0 Å². The van der Waals surface area contributed by atoms with Crippen molar-refractivity contribution in [1.82, 2.24) is 10.3 Å². The minimum Gasteiger partial charge on any atom is -0.393 e. The number of aliphatic hydroxyl groups excluding tert-OH is 1. The van der Waals surface area contributed by atoms with E-state index >= 15 is 0 Å². The summed E-state index contributed by atoms with van der Waals surface area (Å²) in [5.74, 6) is 0.0516. The lowest BCUT2D eigenvalue weighted by molar-refractivity contribution is -0.127. The van der Waals surface area contributed by atoms with E-state index in [1.807, 2.05) is 6.92 Å². The number of aromatic nitrogens is 1. The fraction of sp³-hybridized carbons (Fsp3) is 0.733. The second-order valence-electron chi connectivity index (χ2n) is 5.60. The van der Waals surface area contributed by atoms with E-state index in [2.05, 4.69) is 17.2 Å². The maximum atomic E-state index is 12.1. The molecule has 0 spiro atoms. The molecular weight excluding hydrogens is 272 g/mol. The highest BCUT2D eigenvalue weighted by atomic mass is 32.1. The Morgan fingerprint density at radius 1 is 1.50 bits per heavy atom. The molecule has 20 heavy (non-hydrogen) atoms. The monoisotopic (exact) mass is 296 g/mol. The molecule has 1 aliphatic carbocycles. The number of hydrogen-bond donors (Lipinski definition) is 2. The minimum atomic E-state index is -0.305. The van der Waals surface area contributed by atoms with E-state index in [1.54, 1.807) is 11.3 Å². The van der Waals surface area contributed by atoms with Crippen molar-refractivity contribution in [2.45, 2.75) is 65.0 Å². The van der Waals surface area contributed by atoms with Crippen molar-refractivity contribution in [2.24, 2.45) is 5.92 Å². The summed E-state index contributed by atoms with van der Waals surface area (Å²) in [7, 11) is 0. The molecular formula is C15H24N2O2S. The summed E-state index contributed by atoms with van der Waals surface area (Å²) in [6.45, 7) is 4.72. The Kier molecular flexibility index (Phi) is 5.54. The van der Waals surface area contributed by atoms with Gasteiger partial charge in [-0.05, 0) is 39.0 Å². The van der Waals surface area contributed by atoms with Gasteiger partial charge in [-0.25, -0.2) is 4.98 Å². The van der Waals surface area contributed by atoms with E-state index in [0.29, 0.717) is 13.0 Å². The van der Waals surface area contributed by atoms with Crippen molar-refractivity contribution in [3.8, 4) is 0 Å². The number of carbonyl (C=O) groups is 1. The van der Waals surface area contributed by atoms with Gasteiger partial charge < -0.3 is 10.4 Å². The van der Waals surface area contributed by atoms with Gasteiger partial charge in [-0.3, -0.25) is 4.79 Å². The molecule has 1 fully saturated rings. The highest BCUT2D eigenvalue weighted by molar-refractivity contribution is 7.11. The molecule has 2 N–H and O–H groups in total. The van der Waals surface area contributed by atoms with E-state index in [9.17, 15) is 9.90 Å². The fourth-order valence-electron chi connectivity index (χ4n) is 2.69. The largest absolute Gasteiger partial charge is 0.393 e. The first kappa shape index (κ1) is 15.4. The van der Waals surface area contributed by atoms with Crippen LogP contribution in [0.2, 0.25) is 0 Å². The van der Waals surface area contributed by atoms with Gasteiger partial charge in [0, 0.05) is 10.8 Å². The SMILES string of the molecule is CCCc1nc(C)c(CNC(=O)[C@H]2CCC[C@H](O)C2)s1. The van der Waals surface area contributed by atoms with Crippen LogP contribution in [0.4, 0.5) is 0 Å². The van der Waals surface area contributed by atoms with Crippen LogP contribution in [-0.4, -0.2) is 22.1 Å². The molecule has 1 saturated carbocycles. The normalized spacial score (nSPS) is 22.8. The maximum absolute atomic E-state index is 12.1. The van der Waals surface area contributed by atoms with Crippen molar-refractivity contribution in [3.05, 3.63) is 15.6 Å². The Morgan fingerprint density at radius 2 is 2.30 bits per heavy atom. The van der Waals surface area contributed by atoms with Crippen molar-refractivity contribution >= 4 is 17.2 Å². The van der Waals surface area contributed by atoms with Crippen LogP contribution in [0.1, 0.15) is 54.6 Å². The molecule has 1 aromatic rings. The van der Waals surface area contributed by atoms with Gasteiger partial charge in [-0.15, -0.1) is 11.3 Å². The lowest BCUT2D eigenvalue weighted by Crippen LogP contribution is -2.34. The molecule has 1 aliphatic rings. The number of carbonyl (C=O) groups excluding carboxylic acids is 1. The first-order valence-corrected chi connectivity index (χ1v) is 8.32. The Bertz CT molecular complexity index is 459. The molecule has 5 heteroatoms. The zero-order valence-electron chi connectivity index (χ0n) is 12.3. The molecule has 0 aromatic carbocycles. The van der Waals surface area contributed by atoms with Gasteiger partial charge >= 0.3 is 0 Å². The van der Waals surface area contributed by atoms with Gasteiger partial charge in [0.05, 0.1) is 23.4 Å². The predicted molar refractivity (Wildman–Crippen MR) is 80.7 cm³/mol. The molecule has 2 rings (SSSR count). The molecule has 0 aliphatic heterocycles. The number of amides is 1. The Labute approximate surface area is 124 Å². The number of thiazole rings is 1. The summed E-state index contributed by atoms with van der Waals surface area (Å²) in [6.07, 6.45) is 5.07. The third-order valence-electron chi connectivity index (χ3n) is 3.84. The van der Waals surface area contributed by atoms with Gasteiger partial charge in [0.25, 0.3) is 0 Å². The first-order chi connectivity index (χ1) is 9.60. The zero-order chi connectivity index (χ0) is 14.5. The number of nitrogens with one attached hydrogen (secondary N) is 1. The minimum absolute atomic E-state index is 0.0258. The molecule has 0 bridgehead atoms. The molecule has 0 unspecified atom stereocenters. The summed E-state index contributed by atoms with van der Waals surface area (Å²) in [5.41, 5.74) is 1.03. The van der Waals surface area contributed by atoms with Crippen LogP contribution in [0.5, 0.6) is 0 Å². The number of aryl methyl sites for hydroxylation is 2. The first-order valence-electron chi connectivity index (χ1n) is 7.51. The quantitative estimate of drug-likeness (QED) is 0.878. The fourth-order valence-corrected chi connectivity index (χ4v) is 3.80. The van der Waals surface area contributed by atoms with E-state index in [0.717, 1.165) is 47.7 Å². The molecule has 0 radical (unpaired) electrons. The average molecular weight is 296 g/mol. The van der Waals surface area contributed by atoms with Gasteiger partial charge in [-0.1, -0.05) is 13.3 Å². The van der Waals surface area contributed by atoms with Crippen LogP contribution in [-0.2, 0) is 17.8 Å². The lowest BCUT2D eigenvalue weighted by Gasteiger charge is -2.24. The van der Waals surface area contributed by atoms with Gasteiger partial charge in [0.2, 0.25) is 5.91 Å². The number of aliphatic hydroxyl groups is 1. The second kappa shape index (κ2) is 7.18. The average Bonchev–Trinajstić information content (AvgIpc) is 2.77. The number of hydrogen-bond acceptors (Lipinski definition) is 4. The van der Waals surface area contributed by atoms with E-state index in [1.165, 1.54) is 0 Å². The molecule has 0 saturated heterocycles. The lowest BCUT2D eigenvalue weighted by atomic mass is 9.87. The smallest absolute Gasteiger partial charge is 0.223 e. The summed E-state index contributed by atoms with van der Waals surface area (Å²) in [4.78, 5) is 17.8. The van der Waals surface area contributed by atoms with Crippen LogP contribution in [0.25, 0.3) is 0 Å². The maximum Gasteiger partial charge on any atom is 0.223 e. The van der Waals surface area contributed by atoms with E-state index in [-0.39, 0.29) is 17.9 Å². The van der Waals surface area contributed by atoms with Crippen LogP contribution in [0.3, 0.4) is 0 Å². The van der Waals surface area contributed by atoms with Crippen LogP contribution in [0, 0.1) is 12.8 Å². The summed E-state index contributed by atoms with van der Waals surface area (Å²) in [6, 6.07) is 0. The van der Waals surface area contributed by atoms with Gasteiger partial charge in [-0.2, -0.15) is 0 Å². The molecule has 2 atom stereocenters. The number of nitrogens with zero attached hydrogens (tertiary/aromatic N) is 1. The third-order valence-corrected chi connectivity index (χ3v) is 5.06. The third kappa shape index (κ3) is 4.03. The van der Waals surface area contributed by atoms with E-state index < -0.39 is 0 Å². The molecule has 112 valence electrons. The Hall–Kier alpha value is -0.940. The van der Waals surface area contributed by atoms with Gasteiger partial charge in [0.15, 0.2) is 0 Å². The van der Waals surface area contributed by atoms with Crippen molar-refractivity contribution in [1.29, 1.82) is 0 Å². The second-order valence-corrected chi connectivity index (χ2v) is 6.77. The summed E-state index contributed by atoms with van der Waals surface area (Å²) in [5, 5.41) is 13.8. The van der Waals surface area contributed by atoms with E-state index in [4.69, 9.17) is 0 Å². The van der Waals surface area contributed by atoms with Crippen molar-refractivity contribution in [3.63, 3.8) is 0 Å². The standard InChI is InChI=1S/C15H24N2O2S/c1-3-5-14-17-10(2)13(20-14)9-16-15(19)11-6-4-7-12(18)8-11/h11-12,18H,3-9H2,1-2H3,(H,16,19)/t11-,12-/m0/s1. The number of rotatable bonds is 5. The Morgan fingerprint density at radius 3 is 3.00 bits per heavy atom. The molecule has 1 aromatic heterocycles. The zero-order valence-corrected chi connectivity index (χ0v) is 13.1. The Balaban J connectivity index is 1.86. The highest BCUT2D eigenvalue weighted by Gasteiger charge is 2.26. The molecule has 4 nitrogen and oxygen atoms in total. The van der Waals surface area contributed by atoms with Crippen LogP contribution >= 0.6 is 11.3 Å². The summed E-state index contributed by atoms with van der Waals surface area (Å²) < 4.78 is 0. The highest BCUT2D eigenvalue weighted by Crippen LogP contribution is 2.25.